The normalized spacial score (nSPS) is 11.0. The van der Waals surface area contributed by atoms with Gasteiger partial charge in [0.25, 0.3) is 0 Å². The molecule has 0 aliphatic heterocycles. The number of oxazole rings is 1. The first-order valence-corrected chi connectivity index (χ1v) is 4.73. The number of aliphatic hydroxyl groups is 1. The van der Waals surface area contributed by atoms with E-state index in [-0.39, 0.29) is 6.73 Å². The molecule has 2 rings (SSSR count). The molecule has 80 valence electrons. The fraction of sp³-hybridized carbons (Fsp3) is 0.300. The minimum absolute atomic E-state index is 0.0263. The average molecular weight is 208 g/mol. The molecule has 5 nitrogen and oxygen atoms in total. The maximum absolute atomic E-state index is 10.9. The van der Waals surface area contributed by atoms with Crippen molar-refractivity contribution in [3.63, 3.8) is 0 Å². The van der Waals surface area contributed by atoms with Gasteiger partial charge in [-0.1, -0.05) is 6.07 Å². The van der Waals surface area contributed by atoms with Crippen molar-refractivity contribution < 1.29 is 9.52 Å². The Bertz CT molecular complexity index is 501. The zero-order chi connectivity index (χ0) is 10.7. The summed E-state index contributed by atoms with van der Waals surface area (Å²) in [5.74, 6) is -0.435. The van der Waals surface area contributed by atoms with Crippen LogP contribution in [0.3, 0.4) is 0 Å². The van der Waals surface area contributed by atoms with E-state index >= 15 is 0 Å². The Labute approximate surface area is 85.7 Å². The maximum atomic E-state index is 10.9. The molecule has 0 radical (unpaired) electrons. The molecule has 15 heavy (non-hydrogen) atoms. The number of aromatic nitrogens is 1. The van der Waals surface area contributed by atoms with Gasteiger partial charge in [-0.2, -0.15) is 0 Å². The SMILES string of the molecule is O=c1[nH]c2ccc(CCNCO)cc2o1. The van der Waals surface area contributed by atoms with Crippen molar-refractivity contribution in [3.8, 4) is 0 Å². The summed E-state index contributed by atoms with van der Waals surface area (Å²) in [6.07, 6.45) is 0.783. The summed E-state index contributed by atoms with van der Waals surface area (Å²) < 4.78 is 4.93. The van der Waals surface area contributed by atoms with Crippen molar-refractivity contribution in [1.29, 1.82) is 0 Å². The van der Waals surface area contributed by atoms with Crippen LogP contribution in [-0.2, 0) is 6.42 Å². The van der Waals surface area contributed by atoms with Gasteiger partial charge in [0.15, 0.2) is 5.58 Å². The van der Waals surface area contributed by atoms with Gasteiger partial charge in [-0.15, -0.1) is 0 Å². The van der Waals surface area contributed by atoms with Crippen LogP contribution in [0.25, 0.3) is 11.1 Å². The lowest BCUT2D eigenvalue weighted by Gasteiger charge is -2.00. The van der Waals surface area contributed by atoms with Crippen molar-refractivity contribution in [2.24, 2.45) is 0 Å². The first-order valence-electron chi connectivity index (χ1n) is 4.73. The molecule has 5 heteroatoms. The molecule has 1 heterocycles. The molecule has 0 atom stereocenters. The monoisotopic (exact) mass is 208 g/mol. The Kier molecular flexibility index (Phi) is 2.84. The van der Waals surface area contributed by atoms with Crippen LogP contribution in [0.15, 0.2) is 27.4 Å². The lowest BCUT2D eigenvalue weighted by atomic mass is 10.1. The van der Waals surface area contributed by atoms with Gasteiger partial charge in [-0.05, 0) is 24.1 Å². The summed E-state index contributed by atoms with van der Waals surface area (Å²) in [5.41, 5.74) is 2.34. The van der Waals surface area contributed by atoms with E-state index in [0.717, 1.165) is 12.0 Å². The van der Waals surface area contributed by atoms with E-state index in [1.54, 1.807) is 0 Å². The highest BCUT2D eigenvalue weighted by molar-refractivity contribution is 5.72. The van der Waals surface area contributed by atoms with Crippen molar-refractivity contribution in [1.82, 2.24) is 10.3 Å². The lowest BCUT2D eigenvalue weighted by molar-refractivity contribution is 0.262. The molecular weight excluding hydrogens is 196 g/mol. The summed E-state index contributed by atoms with van der Waals surface area (Å²) in [6.45, 7) is 0.665. The van der Waals surface area contributed by atoms with Crippen molar-refractivity contribution >= 4 is 11.1 Å². The van der Waals surface area contributed by atoms with E-state index in [2.05, 4.69) is 10.3 Å². The summed E-state index contributed by atoms with van der Waals surface area (Å²) in [5, 5.41) is 11.3. The molecule has 0 amide bonds. The first kappa shape index (κ1) is 9.95. The fourth-order valence-corrected chi connectivity index (χ4v) is 1.46. The van der Waals surface area contributed by atoms with E-state index in [0.29, 0.717) is 17.6 Å². The van der Waals surface area contributed by atoms with Crippen LogP contribution >= 0.6 is 0 Å². The Hall–Kier alpha value is -1.59. The number of aromatic amines is 1. The standard InChI is InChI=1S/C10H12N2O3/c13-6-11-4-3-7-1-2-8-9(5-7)15-10(14)12-8/h1-2,5,11,13H,3-4,6H2,(H,12,14). The van der Waals surface area contributed by atoms with Gasteiger partial charge in [0.1, 0.15) is 0 Å². The van der Waals surface area contributed by atoms with E-state index in [1.165, 1.54) is 0 Å². The molecule has 0 saturated heterocycles. The van der Waals surface area contributed by atoms with Gasteiger partial charge in [-0.25, -0.2) is 4.79 Å². The average Bonchev–Trinajstić information content (AvgIpc) is 2.57. The highest BCUT2D eigenvalue weighted by atomic mass is 16.4. The topological polar surface area (TPSA) is 78.3 Å². The molecule has 2 aromatic rings. The molecule has 0 aliphatic carbocycles. The lowest BCUT2D eigenvalue weighted by Crippen LogP contribution is -2.17. The Balaban J connectivity index is 2.19. The summed E-state index contributed by atoms with van der Waals surface area (Å²) in [4.78, 5) is 13.5. The zero-order valence-electron chi connectivity index (χ0n) is 8.12. The highest BCUT2D eigenvalue weighted by Crippen LogP contribution is 2.12. The van der Waals surface area contributed by atoms with Gasteiger partial charge in [0.2, 0.25) is 0 Å². The van der Waals surface area contributed by atoms with Gasteiger partial charge in [0, 0.05) is 6.54 Å². The van der Waals surface area contributed by atoms with Crippen LogP contribution in [0, 0.1) is 0 Å². The van der Waals surface area contributed by atoms with Gasteiger partial charge >= 0.3 is 5.76 Å². The molecule has 3 N–H and O–H groups in total. The van der Waals surface area contributed by atoms with Gasteiger partial charge in [0.05, 0.1) is 12.2 Å². The summed E-state index contributed by atoms with van der Waals surface area (Å²) in [6, 6.07) is 5.56. The van der Waals surface area contributed by atoms with E-state index in [4.69, 9.17) is 9.52 Å². The highest BCUT2D eigenvalue weighted by Gasteiger charge is 2.01. The number of fused-ring (bicyclic) bond motifs is 1. The second kappa shape index (κ2) is 4.29. The Morgan fingerprint density at radius 2 is 2.33 bits per heavy atom. The molecule has 1 aromatic heterocycles. The summed E-state index contributed by atoms with van der Waals surface area (Å²) >= 11 is 0. The van der Waals surface area contributed by atoms with Gasteiger partial charge < -0.3 is 9.52 Å². The zero-order valence-corrected chi connectivity index (χ0v) is 8.12. The molecule has 0 unspecified atom stereocenters. The second-order valence-electron chi connectivity index (χ2n) is 3.25. The predicted molar refractivity (Wildman–Crippen MR) is 55.6 cm³/mol. The van der Waals surface area contributed by atoms with Crippen molar-refractivity contribution in [2.45, 2.75) is 6.42 Å². The molecule has 0 fully saturated rings. The minimum Gasteiger partial charge on any atom is -0.408 e. The number of nitrogens with one attached hydrogen (secondary N) is 2. The van der Waals surface area contributed by atoms with Crippen molar-refractivity contribution in [2.75, 3.05) is 13.3 Å². The third kappa shape index (κ3) is 2.26. The van der Waals surface area contributed by atoms with Crippen LogP contribution in [0.5, 0.6) is 0 Å². The van der Waals surface area contributed by atoms with E-state index in [9.17, 15) is 4.79 Å². The van der Waals surface area contributed by atoms with Crippen LogP contribution < -0.4 is 11.1 Å². The number of hydrogen-bond acceptors (Lipinski definition) is 4. The predicted octanol–water partition coefficient (Wildman–Crippen LogP) is 0.203. The molecule has 0 spiro atoms. The molecule has 0 aliphatic rings. The molecule has 0 bridgehead atoms. The number of benzene rings is 1. The van der Waals surface area contributed by atoms with Crippen LogP contribution in [0.2, 0.25) is 0 Å². The Morgan fingerprint density at radius 1 is 1.47 bits per heavy atom. The number of H-pyrrole nitrogens is 1. The van der Waals surface area contributed by atoms with Crippen LogP contribution in [-0.4, -0.2) is 23.4 Å². The second-order valence-corrected chi connectivity index (χ2v) is 3.25. The summed E-state index contributed by atoms with van der Waals surface area (Å²) in [7, 11) is 0. The molecular formula is C10H12N2O3. The van der Waals surface area contributed by atoms with Crippen LogP contribution in [0.1, 0.15) is 5.56 Å². The van der Waals surface area contributed by atoms with Gasteiger partial charge in [-0.3, -0.25) is 10.3 Å². The van der Waals surface area contributed by atoms with Crippen molar-refractivity contribution in [3.05, 3.63) is 34.3 Å². The maximum Gasteiger partial charge on any atom is 0.417 e. The third-order valence-corrected chi connectivity index (χ3v) is 2.19. The smallest absolute Gasteiger partial charge is 0.408 e. The fourth-order valence-electron chi connectivity index (χ4n) is 1.46. The van der Waals surface area contributed by atoms with Crippen LogP contribution in [0.4, 0.5) is 0 Å². The first-order chi connectivity index (χ1) is 7.29. The quantitative estimate of drug-likeness (QED) is 0.495. The largest absolute Gasteiger partial charge is 0.417 e. The number of rotatable bonds is 4. The van der Waals surface area contributed by atoms with E-state index in [1.807, 2.05) is 18.2 Å². The minimum atomic E-state index is -0.435. The van der Waals surface area contributed by atoms with E-state index < -0.39 is 5.76 Å². The number of aliphatic hydroxyl groups excluding tert-OH is 1. The third-order valence-electron chi connectivity index (χ3n) is 2.19. The number of hydrogen-bond donors (Lipinski definition) is 3. The molecule has 0 saturated carbocycles. The molecule has 1 aromatic carbocycles. The Morgan fingerprint density at radius 3 is 3.13 bits per heavy atom.